The molecule has 2 aliphatic rings. The van der Waals surface area contributed by atoms with Crippen LogP contribution in [0, 0.1) is 5.92 Å². The molecule has 19 heavy (non-hydrogen) atoms. The molecule has 110 valence electrons. The molecule has 2 atom stereocenters. The molecule has 0 saturated carbocycles. The molecule has 0 bridgehead atoms. The molecule has 1 N–H and O–H groups in total. The molecule has 6 nitrogen and oxygen atoms in total. The van der Waals surface area contributed by atoms with Crippen LogP contribution in [0.3, 0.4) is 0 Å². The van der Waals surface area contributed by atoms with Crippen molar-refractivity contribution in [2.24, 2.45) is 5.92 Å². The fourth-order valence-corrected chi connectivity index (χ4v) is 5.54. The third-order valence-corrected chi connectivity index (χ3v) is 7.00. The fourth-order valence-electron chi connectivity index (χ4n) is 2.53. The highest BCUT2D eigenvalue weighted by Gasteiger charge is 2.37. The summed E-state index contributed by atoms with van der Waals surface area (Å²) in [4.78, 5) is 11.0. The molecule has 0 radical (unpaired) electrons. The number of rotatable bonds is 4. The second kappa shape index (κ2) is 5.99. The average Bonchev–Trinajstić information content (AvgIpc) is 2.91. The third-order valence-electron chi connectivity index (χ3n) is 3.84. The number of nitrogens with zero attached hydrogens (tertiary/aromatic N) is 2. The highest BCUT2D eigenvalue weighted by atomic mass is 32.2. The van der Waals surface area contributed by atoms with Crippen molar-refractivity contribution in [1.82, 2.24) is 8.61 Å². The van der Waals surface area contributed by atoms with E-state index in [9.17, 15) is 13.2 Å². The van der Waals surface area contributed by atoms with Crippen molar-refractivity contribution < 1.29 is 18.3 Å². The summed E-state index contributed by atoms with van der Waals surface area (Å²) in [6.07, 6.45) is 2.05. The van der Waals surface area contributed by atoms with Crippen LogP contribution in [-0.4, -0.2) is 65.8 Å². The molecule has 0 aliphatic carbocycles. The lowest BCUT2D eigenvalue weighted by molar-refractivity contribution is -0.142. The van der Waals surface area contributed by atoms with Gasteiger partial charge in [0.15, 0.2) is 0 Å². The van der Waals surface area contributed by atoms with Crippen molar-refractivity contribution in [3.05, 3.63) is 0 Å². The first-order valence-corrected chi connectivity index (χ1v) is 9.01. The number of thioether (sulfide) groups is 1. The van der Waals surface area contributed by atoms with Crippen LogP contribution in [0.5, 0.6) is 0 Å². The molecule has 2 heterocycles. The SMILES string of the molecule is CN(C1CCSC1)S(=O)(=O)N1CCCC(C(=O)O)C1. The zero-order valence-electron chi connectivity index (χ0n) is 11.0. The van der Waals surface area contributed by atoms with Crippen LogP contribution in [0.4, 0.5) is 0 Å². The van der Waals surface area contributed by atoms with Crippen molar-refractivity contribution in [2.45, 2.75) is 25.3 Å². The van der Waals surface area contributed by atoms with Gasteiger partial charge in [-0.3, -0.25) is 4.79 Å². The number of hydrogen-bond donors (Lipinski definition) is 1. The summed E-state index contributed by atoms with van der Waals surface area (Å²) >= 11 is 1.76. The first-order valence-electron chi connectivity index (χ1n) is 6.46. The van der Waals surface area contributed by atoms with Crippen molar-refractivity contribution in [1.29, 1.82) is 0 Å². The number of hydrogen-bond acceptors (Lipinski definition) is 4. The van der Waals surface area contributed by atoms with E-state index in [2.05, 4.69) is 0 Å². The van der Waals surface area contributed by atoms with Gasteiger partial charge in [0.2, 0.25) is 0 Å². The van der Waals surface area contributed by atoms with Gasteiger partial charge in [-0.05, 0) is 25.0 Å². The molecule has 2 fully saturated rings. The summed E-state index contributed by atoms with van der Waals surface area (Å²) in [6, 6.07) is 0.0419. The Morgan fingerprint density at radius 2 is 2.16 bits per heavy atom. The Bertz CT molecular complexity index is 434. The van der Waals surface area contributed by atoms with E-state index in [0.29, 0.717) is 19.4 Å². The van der Waals surface area contributed by atoms with E-state index in [1.807, 2.05) is 0 Å². The van der Waals surface area contributed by atoms with Gasteiger partial charge in [-0.25, -0.2) is 0 Å². The van der Waals surface area contributed by atoms with E-state index < -0.39 is 22.1 Å². The zero-order chi connectivity index (χ0) is 14.0. The molecule has 0 aromatic rings. The fraction of sp³-hybridized carbons (Fsp3) is 0.909. The molecule has 2 saturated heterocycles. The molecular formula is C11H20N2O4S2. The molecule has 0 aromatic heterocycles. The molecule has 2 aliphatic heterocycles. The summed E-state index contributed by atoms with van der Waals surface area (Å²) in [5, 5.41) is 9.03. The van der Waals surface area contributed by atoms with Crippen molar-refractivity contribution >= 4 is 27.9 Å². The zero-order valence-corrected chi connectivity index (χ0v) is 12.6. The first kappa shape index (κ1) is 15.1. The van der Waals surface area contributed by atoms with E-state index in [1.54, 1.807) is 18.8 Å². The second-order valence-corrected chi connectivity index (χ2v) is 8.21. The third kappa shape index (κ3) is 3.24. The molecule has 2 unspecified atom stereocenters. The van der Waals surface area contributed by atoms with Crippen molar-refractivity contribution in [3.63, 3.8) is 0 Å². The predicted molar refractivity (Wildman–Crippen MR) is 74.3 cm³/mol. The Balaban J connectivity index is 2.07. The highest BCUT2D eigenvalue weighted by molar-refractivity contribution is 7.99. The normalized spacial score (nSPS) is 29.8. The molecule has 8 heteroatoms. The van der Waals surface area contributed by atoms with Crippen LogP contribution in [0.1, 0.15) is 19.3 Å². The molecule has 0 spiro atoms. The maximum atomic E-state index is 12.5. The van der Waals surface area contributed by atoms with Crippen LogP contribution < -0.4 is 0 Å². The molecular weight excluding hydrogens is 288 g/mol. The first-order chi connectivity index (χ1) is 8.93. The smallest absolute Gasteiger partial charge is 0.307 e. The topological polar surface area (TPSA) is 77.9 Å². The standard InChI is InChI=1S/C11H20N2O4S2/c1-12(10-4-6-18-8-10)19(16,17)13-5-2-3-9(7-13)11(14)15/h9-10H,2-8H2,1H3,(H,14,15). The molecule has 0 amide bonds. The largest absolute Gasteiger partial charge is 0.481 e. The lowest BCUT2D eigenvalue weighted by Gasteiger charge is -2.34. The van der Waals surface area contributed by atoms with Crippen LogP contribution in [-0.2, 0) is 15.0 Å². The maximum absolute atomic E-state index is 12.5. The van der Waals surface area contributed by atoms with Gasteiger partial charge in [0.25, 0.3) is 10.2 Å². The van der Waals surface area contributed by atoms with Gasteiger partial charge in [-0.1, -0.05) is 0 Å². The van der Waals surface area contributed by atoms with Crippen LogP contribution in [0.15, 0.2) is 0 Å². The number of carboxylic acids is 1. The average molecular weight is 308 g/mol. The summed E-state index contributed by atoms with van der Waals surface area (Å²) in [6.45, 7) is 0.526. The van der Waals surface area contributed by atoms with Crippen LogP contribution in [0.2, 0.25) is 0 Å². The van der Waals surface area contributed by atoms with Gasteiger partial charge in [0.1, 0.15) is 0 Å². The van der Waals surface area contributed by atoms with Gasteiger partial charge in [-0.15, -0.1) is 0 Å². The molecule has 0 aromatic carbocycles. The lowest BCUT2D eigenvalue weighted by atomic mass is 10.0. The summed E-state index contributed by atoms with van der Waals surface area (Å²) in [5.41, 5.74) is 0. The summed E-state index contributed by atoms with van der Waals surface area (Å²) < 4.78 is 27.7. The van der Waals surface area contributed by atoms with E-state index in [0.717, 1.165) is 17.9 Å². The quantitative estimate of drug-likeness (QED) is 0.816. The minimum absolute atomic E-state index is 0.0419. The Morgan fingerprint density at radius 3 is 2.74 bits per heavy atom. The van der Waals surface area contributed by atoms with Gasteiger partial charge < -0.3 is 5.11 Å². The van der Waals surface area contributed by atoms with Gasteiger partial charge in [0, 0.05) is 31.9 Å². The Labute approximate surface area is 118 Å². The van der Waals surface area contributed by atoms with Gasteiger partial charge >= 0.3 is 5.97 Å². The minimum Gasteiger partial charge on any atom is -0.481 e. The highest BCUT2D eigenvalue weighted by Crippen LogP contribution is 2.27. The Hall–Kier alpha value is -0.310. The number of piperidine rings is 1. The predicted octanol–water partition coefficient (Wildman–Crippen LogP) is 0.465. The van der Waals surface area contributed by atoms with E-state index >= 15 is 0 Å². The number of carboxylic acid groups (broad SMARTS) is 1. The number of aliphatic carboxylic acids is 1. The lowest BCUT2D eigenvalue weighted by Crippen LogP contribution is -2.50. The van der Waals surface area contributed by atoms with Crippen LogP contribution in [0.25, 0.3) is 0 Å². The van der Waals surface area contributed by atoms with Crippen molar-refractivity contribution in [2.75, 3.05) is 31.6 Å². The van der Waals surface area contributed by atoms with E-state index in [4.69, 9.17) is 5.11 Å². The van der Waals surface area contributed by atoms with Crippen molar-refractivity contribution in [3.8, 4) is 0 Å². The summed E-state index contributed by atoms with van der Waals surface area (Å²) in [7, 11) is -1.91. The second-order valence-electron chi connectivity index (χ2n) is 5.08. The number of carbonyl (C=O) groups is 1. The van der Waals surface area contributed by atoms with Gasteiger partial charge in [-0.2, -0.15) is 28.8 Å². The minimum atomic E-state index is -3.52. The Kier molecular flexibility index (Phi) is 4.75. The van der Waals surface area contributed by atoms with E-state index in [-0.39, 0.29) is 12.6 Å². The summed E-state index contributed by atoms with van der Waals surface area (Å²) in [5.74, 6) is 0.336. The Morgan fingerprint density at radius 1 is 1.42 bits per heavy atom. The van der Waals surface area contributed by atoms with E-state index in [1.165, 1.54) is 8.61 Å². The van der Waals surface area contributed by atoms with Crippen LogP contribution >= 0.6 is 11.8 Å². The molecule has 2 rings (SSSR count). The van der Waals surface area contributed by atoms with Gasteiger partial charge in [0.05, 0.1) is 5.92 Å². The maximum Gasteiger partial charge on any atom is 0.307 e. The monoisotopic (exact) mass is 308 g/mol.